The molecule has 0 bridgehead atoms. The molecule has 0 N–H and O–H groups in total. The van der Waals surface area contributed by atoms with Gasteiger partial charge in [0, 0.05) is 24.4 Å². The highest BCUT2D eigenvalue weighted by Gasteiger charge is 2.16. The molecule has 2 heterocycles. The van der Waals surface area contributed by atoms with Crippen LogP contribution in [0.3, 0.4) is 0 Å². The van der Waals surface area contributed by atoms with E-state index in [1.165, 1.54) is 0 Å². The number of benzene rings is 2. The summed E-state index contributed by atoms with van der Waals surface area (Å²) in [7, 11) is 3.45. The monoisotopic (exact) mass is 420 g/mol. The van der Waals surface area contributed by atoms with Gasteiger partial charge in [-0.05, 0) is 49.8 Å². The molecule has 4 rings (SSSR count). The van der Waals surface area contributed by atoms with Gasteiger partial charge in [-0.2, -0.15) is 5.10 Å². The number of hydrogen-bond acceptors (Lipinski definition) is 6. The predicted octanol–water partition coefficient (Wildman–Crippen LogP) is 4.25. The lowest BCUT2D eigenvalue weighted by Crippen LogP contribution is -2.00. The van der Waals surface area contributed by atoms with Crippen LogP contribution in [-0.2, 0) is 13.7 Å². The van der Waals surface area contributed by atoms with Gasteiger partial charge in [0.2, 0.25) is 6.79 Å². The number of aromatic nitrogens is 2. The lowest BCUT2D eigenvalue weighted by atomic mass is 10.1. The van der Waals surface area contributed by atoms with Crippen molar-refractivity contribution in [1.29, 1.82) is 0 Å². The standard InChI is InChI=1S/C24H24N2O5/c1-15-24(16(2)26(3)25-15)20(27)8-5-17-6-9-21(28-4)18(11-17)13-29-19-7-10-22-23(12-19)31-14-30-22/h5-12H,13-14H2,1-4H3/b8-5+. The van der Waals surface area contributed by atoms with Crippen LogP contribution < -0.4 is 18.9 Å². The minimum Gasteiger partial charge on any atom is -0.496 e. The van der Waals surface area contributed by atoms with Gasteiger partial charge in [-0.25, -0.2) is 0 Å². The minimum atomic E-state index is -0.0722. The van der Waals surface area contributed by atoms with Gasteiger partial charge < -0.3 is 18.9 Å². The van der Waals surface area contributed by atoms with E-state index in [0.29, 0.717) is 35.2 Å². The normalized spacial score (nSPS) is 12.4. The summed E-state index contributed by atoms with van der Waals surface area (Å²) in [5.41, 5.74) is 3.95. The summed E-state index contributed by atoms with van der Waals surface area (Å²) in [4.78, 5) is 12.7. The molecule has 7 heteroatoms. The van der Waals surface area contributed by atoms with Crippen LogP contribution in [0.25, 0.3) is 6.08 Å². The van der Waals surface area contributed by atoms with Gasteiger partial charge in [-0.1, -0.05) is 12.1 Å². The maximum absolute atomic E-state index is 12.7. The molecule has 0 unspecified atom stereocenters. The summed E-state index contributed by atoms with van der Waals surface area (Å²) in [5, 5.41) is 4.31. The lowest BCUT2D eigenvalue weighted by molar-refractivity contribution is 0.104. The molecule has 0 saturated carbocycles. The van der Waals surface area contributed by atoms with E-state index in [9.17, 15) is 4.79 Å². The molecule has 0 fully saturated rings. The van der Waals surface area contributed by atoms with E-state index in [-0.39, 0.29) is 12.6 Å². The van der Waals surface area contributed by atoms with Crippen molar-refractivity contribution in [3.8, 4) is 23.0 Å². The summed E-state index contributed by atoms with van der Waals surface area (Å²) in [6, 6.07) is 11.2. The SMILES string of the molecule is COc1ccc(/C=C/C(=O)c2c(C)nn(C)c2C)cc1COc1ccc2c(c1)OCO2. The van der Waals surface area contributed by atoms with Crippen LogP contribution >= 0.6 is 0 Å². The van der Waals surface area contributed by atoms with Crippen molar-refractivity contribution in [3.05, 3.63) is 70.6 Å². The van der Waals surface area contributed by atoms with Crippen LogP contribution in [-0.4, -0.2) is 29.5 Å². The maximum atomic E-state index is 12.7. The highest BCUT2D eigenvalue weighted by Crippen LogP contribution is 2.35. The van der Waals surface area contributed by atoms with E-state index < -0.39 is 0 Å². The Kier molecular flexibility index (Phi) is 5.66. The Morgan fingerprint density at radius 3 is 2.71 bits per heavy atom. The van der Waals surface area contributed by atoms with Gasteiger partial charge in [-0.15, -0.1) is 0 Å². The first-order valence-corrected chi connectivity index (χ1v) is 9.88. The highest BCUT2D eigenvalue weighted by molar-refractivity contribution is 6.08. The number of methoxy groups -OCH3 is 1. The Labute approximate surface area is 180 Å². The predicted molar refractivity (Wildman–Crippen MR) is 116 cm³/mol. The number of ketones is 1. The Morgan fingerprint density at radius 2 is 1.97 bits per heavy atom. The van der Waals surface area contributed by atoms with Crippen LogP contribution in [0, 0.1) is 13.8 Å². The average Bonchev–Trinajstić information content (AvgIpc) is 3.33. The fraction of sp³-hybridized carbons (Fsp3) is 0.250. The first kappa shape index (κ1) is 20.5. The molecular formula is C24H24N2O5. The van der Waals surface area contributed by atoms with Crippen molar-refractivity contribution in [2.45, 2.75) is 20.5 Å². The Hall–Kier alpha value is -3.74. The number of carbonyl (C=O) groups excluding carboxylic acids is 1. The van der Waals surface area contributed by atoms with Gasteiger partial charge in [0.25, 0.3) is 0 Å². The second-order valence-electron chi connectivity index (χ2n) is 7.24. The van der Waals surface area contributed by atoms with E-state index in [1.807, 2.05) is 51.2 Å². The molecule has 31 heavy (non-hydrogen) atoms. The summed E-state index contributed by atoms with van der Waals surface area (Å²) in [6.45, 7) is 4.25. The first-order valence-electron chi connectivity index (χ1n) is 9.88. The number of fused-ring (bicyclic) bond motifs is 1. The largest absolute Gasteiger partial charge is 0.496 e. The topological polar surface area (TPSA) is 71.8 Å². The number of aryl methyl sites for hydroxylation is 2. The van der Waals surface area contributed by atoms with Gasteiger partial charge >= 0.3 is 0 Å². The van der Waals surface area contributed by atoms with E-state index >= 15 is 0 Å². The molecule has 1 aliphatic rings. The molecule has 160 valence electrons. The average molecular weight is 420 g/mol. The third-order valence-corrected chi connectivity index (χ3v) is 5.23. The maximum Gasteiger partial charge on any atom is 0.231 e. The molecule has 0 spiro atoms. The summed E-state index contributed by atoms with van der Waals surface area (Å²) in [6.07, 6.45) is 3.36. The van der Waals surface area contributed by atoms with Crippen molar-refractivity contribution in [1.82, 2.24) is 9.78 Å². The molecule has 1 aromatic heterocycles. The molecule has 0 radical (unpaired) electrons. The zero-order valence-electron chi connectivity index (χ0n) is 18.0. The Bertz CT molecular complexity index is 1160. The van der Waals surface area contributed by atoms with Crippen LogP contribution in [0.5, 0.6) is 23.0 Å². The molecule has 3 aromatic rings. The second kappa shape index (κ2) is 8.55. The number of ether oxygens (including phenoxy) is 4. The van der Waals surface area contributed by atoms with Crippen LogP contribution in [0.1, 0.15) is 32.9 Å². The number of allylic oxidation sites excluding steroid dienone is 1. The molecule has 0 aliphatic carbocycles. The zero-order valence-corrected chi connectivity index (χ0v) is 18.0. The van der Waals surface area contributed by atoms with Gasteiger partial charge in [0.15, 0.2) is 17.3 Å². The third-order valence-electron chi connectivity index (χ3n) is 5.23. The van der Waals surface area contributed by atoms with E-state index in [2.05, 4.69) is 5.10 Å². The van der Waals surface area contributed by atoms with Crippen LogP contribution in [0.15, 0.2) is 42.5 Å². The zero-order chi connectivity index (χ0) is 22.0. The first-order chi connectivity index (χ1) is 15.0. The fourth-order valence-corrected chi connectivity index (χ4v) is 3.53. The summed E-state index contributed by atoms with van der Waals surface area (Å²) in [5.74, 6) is 2.69. The van der Waals surface area contributed by atoms with Gasteiger partial charge in [-0.3, -0.25) is 9.48 Å². The fourth-order valence-electron chi connectivity index (χ4n) is 3.53. The highest BCUT2D eigenvalue weighted by atomic mass is 16.7. The molecule has 0 amide bonds. The number of rotatable bonds is 7. The van der Waals surface area contributed by atoms with Gasteiger partial charge in [0.1, 0.15) is 18.1 Å². The summed E-state index contributed by atoms with van der Waals surface area (Å²) < 4.78 is 23.8. The smallest absolute Gasteiger partial charge is 0.231 e. The number of carbonyl (C=O) groups is 1. The minimum absolute atomic E-state index is 0.0722. The number of nitrogens with zero attached hydrogens (tertiary/aromatic N) is 2. The van der Waals surface area contributed by atoms with Crippen LogP contribution in [0.2, 0.25) is 0 Å². The second-order valence-corrected chi connectivity index (χ2v) is 7.24. The van der Waals surface area contributed by atoms with E-state index in [1.54, 1.807) is 30.0 Å². The molecular weight excluding hydrogens is 396 g/mol. The lowest BCUT2D eigenvalue weighted by Gasteiger charge is -2.11. The van der Waals surface area contributed by atoms with Crippen molar-refractivity contribution in [3.63, 3.8) is 0 Å². The molecule has 1 aliphatic heterocycles. The van der Waals surface area contributed by atoms with E-state index in [4.69, 9.17) is 18.9 Å². The quantitative estimate of drug-likeness (QED) is 0.420. The van der Waals surface area contributed by atoms with Crippen molar-refractivity contribution in [2.24, 2.45) is 7.05 Å². The third kappa shape index (κ3) is 4.26. The molecule has 0 saturated heterocycles. The van der Waals surface area contributed by atoms with Crippen molar-refractivity contribution >= 4 is 11.9 Å². The Balaban J connectivity index is 1.50. The molecule has 2 aromatic carbocycles. The Morgan fingerprint density at radius 1 is 1.16 bits per heavy atom. The van der Waals surface area contributed by atoms with Crippen molar-refractivity contribution < 1.29 is 23.7 Å². The molecule has 7 nitrogen and oxygen atoms in total. The number of hydrogen-bond donors (Lipinski definition) is 0. The van der Waals surface area contributed by atoms with Crippen LogP contribution in [0.4, 0.5) is 0 Å². The molecule has 0 atom stereocenters. The van der Waals surface area contributed by atoms with E-state index in [0.717, 1.165) is 22.5 Å². The van der Waals surface area contributed by atoms with Crippen molar-refractivity contribution in [2.75, 3.05) is 13.9 Å². The summed E-state index contributed by atoms with van der Waals surface area (Å²) >= 11 is 0. The van der Waals surface area contributed by atoms with Gasteiger partial charge in [0.05, 0.1) is 18.4 Å².